The number of hydrogen-bond acceptors (Lipinski definition) is 0. The van der Waals surface area contributed by atoms with E-state index in [-0.39, 0.29) is 7.92 Å². The summed E-state index contributed by atoms with van der Waals surface area (Å²) in [6.07, 6.45) is 6.91. The topological polar surface area (TPSA) is 0 Å². The molecular weight excluding hydrogens is 187 g/mol. The van der Waals surface area contributed by atoms with E-state index in [1.54, 1.807) is 0 Å². The van der Waals surface area contributed by atoms with Crippen LogP contribution in [0.2, 0.25) is 0 Å². The molecule has 0 saturated carbocycles. The van der Waals surface area contributed by atoms with E-state index in [4.69, 9.17) is 0 Å². The zero-order valence-corrected chi connectivity index (χ0v) is 10.3. The van der Waals surface area contributed by atoms with Gasteiger partial charge in [0.05, 0.1) is 0 Å². The van der Waals surface area contributed by atoms with Gasteiger partial charge in [-0.25, -0.2) is 0 Å². The first-order valence-corrected chi connectivity index (χ1v) is 7.52. The first-order chi connectivity index (χ1) is 6.86. The summed E-state index contributed by atoms with van der Waals surface area (Å²) in [6.45, 7) is 4.60. The highest BCUT2D eigenvalue weighted by atomic mass is 31.1. The third-order valence-corrected chi connectivity index (χ3v) is 5.30. The lowest BCUT2D eigenvalue weighted by Crippen LogP contribution is -1.92. The van der Waals surface area contributed by atoms with Crippen molar-refractivity contribution in [2.24, 2.45) is 0 Å². The molecule has 0 atom stereocenters. The highest BCUT2D eigenvalue weighted by Gasteiger charge is 2.05. The quantitative estimate of drug-likeness (QED) is 0.604. The summed E-state index contributed by atoms with van der Waals surface area (Å²) in [5, 5.41) is 0. The Morgan fingerprint density at radius 3 is 2.00 bits per heavy atom. The first kappa shape index (κ1) is 11.7. The van der Waals surface area contributed by atoms with Crippen molar-refractivity contribution in [3.8, 4) is 0 Å². The van der Waals surface area contributed by atoms with E-state index in [1.165, 1.54) is 36.9 Å². The van der Waals surface area contributed by atoms with Gasteiger partial charge in [0.1, 0.15) is 0 Å². The van der Waals surface area contributed by atoms with Crippen LogP contribution in [-0.4, -0.2) is 12.3 Å². The summed E-state index contributed by atoms with van der Waals surface area (Å²) in [7, 11) is 0.263. The predicted molar refractivity (Wildman–Crippen MR) is 67.4 cm³/mol. The highest BCUT2D eigenvalue weighted by molar-refractivity contribution is 7.56. The van der Waals surface area contributed by atoms with Crippen molar-refractivity contribution < 1.29 is 0 Å². The molecular formula is C13H21P. The molecule has 1 aromatic rings. The standard InChI is InChI=1S/C13H21P/c1-3-10-14(11-4-2)12-13-8-6-5-7-9-13/h5-9H,3-4,10-12H2,1-2H3. The van der Waals surface area contributed by atoms with Gasteiger partial charge in [0.15, 0.2) is 0 Å². The van der Waals surface area contributed by atoms with Gasteiger partial charge in [-0.2, -0.15) is 0 Å². The Labute approximate surface area is 89.5 Å². The highest BCUT2D eigenvalue weighted by Crippen LogP contribution is 2.40. The van der Waals surface area contributed by atoms with Gasteiger partial charge < -0.3 is 0 Å². The van der Waals surface area contributed by atoms with Crippen LogP contribution in [0.1, 0.15) is 32.3 Å². The van der Waals surface area contributed by atoms with Crippen LogP contribution in [-0.2, 0) is 6.16 Å². The van der Waals surface area contributed by atoms with E-state index in [0.29, 0.717) is 0 Å². The van der Waals surface area contributed by atoms with Crippen LogP contribution < -0.4 is 0 Å². The fraction of sp³-hybridized carbons (Fsp3) is 0.538. The average molecular weight is 208 g/mol. The first-order valence-electron chi connectivity index (χ1n) is 5.63. The summed E-state index contributed by atoms with van der Waals surface area (Å²) >= 11 is 0. The Balaban J connectivity index is 2.46. The van der Waals surface area contributed by atoms with Crippen LogP contribution in [0.5, 0.6) is 0 Å². The van der Waals surface area contributed by atoms with Crippen LogP contribution in [0.15, 0.2) is 30.3 Å². The molecule has 1 aromatic carbocycles. The van der Waals surface area contributed by atoms with E-state index < -0.39 is 0 Å². The molecule has 78 valence electrons. The van der Waals surface area contributed by atoms with Gasteiger partial charge in [0.25, 0.3) is 0 Å². The van der Waals surface area contributed by atoms with Gasteiger partial charge >= 0.3 is 0 Å². The van der Waals surface area contributed by atoms with Gasteiger partial charge in [-0.15, -0.1) is 7.92 Å². The van der Waals surface area contributed by atoms with Crippen molar-refractivity contribution in [3.63, 3.8) is 0 Å². The van der Waals surface area contributed by atoms with Gasteiger partial charge in [0.2, 0.25) is 0 Å². The van der Waals surface area contributed by atoms with Crippen molar-refractivity contribution in [2.45, 2.75) is 32.9 Å². The third-order valence-electron chi connectivity index (χ3n) is 2.33. The van der Waals surface area contributed by atoms with Gasteiger partial charge in [-0.1, -0.05) is 57.0 Å². The second-order valence-electron chi connectivity index (χ2n) is 3.76. The Morgan fingerprint density at radius 2 is 1.50 bits per heavy atom. The molecule has 0 fully saturated rings. The van der Waals surface area contributed by atoms with E-state index >= 15 is 0 Å². The third kappa shape index (κ3) is 4.24. The zero-order chi connectivity index (χ0) is 10.2. The normalized spacial score (nSPS) is 10.8. The summed E-state index contributed by atoms with van der Waals surface area (Å²) in [6, 6.07) is 10.9. The SMILES string of the molecule is CCCP(CCC)Cc1ccccc1. The second kappa shape index (κ2) is 7.01. The molecule has 0 saturated heterocycles. The molecule has 1 heteroatoms. The molecule has 0 radical (unpaired) electrons. The van der Waals surface area contributed by atoms with E-state index in [9.17, 15) is 0 Å². The minimum Gasteiger partial charge on any atom is -0.102 e. The molecule has 0 nitrogen and oxygen atoms in total. The Bertz CT molecular complexity index is 224. The Morgan fingerprint density at radius 1 is 0.929 bits per heavy atom. The van der Waals surface area contributed by atoms with Crippen LogP contribution in [0.25, 0.3) is 0 Å². The molecule has 0 spiro atoms. The summed E-state index contributed by atoms with van der Waals surface area (Å²) in [4.78, 5) is 0. The van der Waals surface area contributed by atoms with Gasteiger partial charge in [0, 0.05) is 0 Å². The molecule has 0 amide bonds. The molecule has 1 rings (SSSR count). The molecule has 0 aliphatic rings. The van der Waals surface area contributed by atoms with Crippen LogP contribution >= 0.6 is 7.92 Å². The molecule has 0 unspecified atom stereocenters. The number of hydrogen-bond donors (Lipinski definition) is 0. The molecule has 0 N–H and O–H groups in total. The number of rotatable bonds is 6. The van der Waals surface area contributed by atoms with E-state index in [2.05, 4.69) is 44.2 Å². The molecule has 0 bridgehead atoms. The average Bonchev–Trinajstić information content (AvgIpc) is 2.20. The second-order valence-corrected chi connectivity index (χ2v) is 6.31. The monoisotopic (exact) mass is 208 g/mol. The van der Waals surface area contributed by atoms with Crippen LogP contribution in [0.3, 0.4) is 0 Å². The summed E-state index contributed by atoms with van der Waals surface area (Å²) in [5.74, 6) is 0. The van der Waals surface area contributed by atoms with Gasteiger partial charge in [-0.3, -0.25) is 0 Å². The smallest absolute Gasteiger partial charge is 0.00731 e. The fourth-order valence-corrected chi connectivity index (χ4v) is 4.28. The Hall–Kier alpha value is -0.350. The molecule has 0 heterocycles. The maximum Gasteiger partial charge on any atom is -0.00731 e. The minimum atomic E-state index is 0.263. The summed E-state index contributed by atoms with van der Waals surface area (Å²) in [5.41, 5.74) is 1.53. The molecule has 0 aliphatic heterocycles. The fourth-order valence-electron chi connectivity index (χ4n) is 1.74. The minimum absolute atomic E-state index is 0.263. The van der Waals surface area contributed by atoms with Crippen molar-refractivity contribution in [1.29, 1.82) is 0 Å². The van der Waals surface area contributed by atoms with Gasteiger partial charge in [-0.05, 0) is 24.0 Å². The van der Waals surface area contributed by atoms with Crippen molar-refractivity contribution in [2.75, 3.05) is 12.3 Å². The van der Waals surface area contributed by atoms with E-state index in [0.717, 1.165) is 0 Å². The largest absolute Gasteiger partial charge is 0.102 e. The van der Waals surface area contributed by atoms with Crippen molar-refractivity contribution in [1.82, 2.24) is 0 Å². The lowest BCUT2D eigenvalue weighted by molar-refractivity contribution is 1.04. The molecule has 14 heavy (non-hydrogen) atoms. The lowest BCUT2D eigenvalue weighted by Gasteiger charge is -2.15. The number of benzene rings is 1. The maximum atomic E-state index is 2.30. The predicted octanol–water partition coefficient (Wildman–Crippen LogP) is 4.49. The zero-order valence-electron chi connectivity index (χ0n) is 9.37. The lowest BCUT2D eigenvalue weighted by atomic mass is 10.2. The molecule has 0 aromatic heterocycles. The van der Waals surface area contributed by atoms with Crippen LogP contribution in [0, 0.1) is 0 Å². The molecule has 0 aliphatic carbocycles. The summed E-state index contributed by atoms with van der Waals surface area (Å²) < 4.78 is 0. The van der Waals surface area contributed by atoms with Crippen molar-refractivity contribution >= 4 is 7.92 Å². The maximum absolute atomic E-state index is 2.30. The van der Waals surface area contributed by atoms with E-state index in [1.807, 2.05) is 0 Å². The Kier molecular flexibility index (Phi) is 5.87. The van der Waals surface area contributed by atoms with Crippen molar-refractivity contribution in [3.05, 3.63) is 35.9 Å². The van der Waals surface area contributed by atoms with Crippen LogP contribution in [0.4, 0.5) is 0 Å².